The first-order valence-corrected chi connectivity index (χ1v) is 8.57. The molecule has 5 rings (SSSR count). The van der Waals surface area contributed by atoms with E-state index in [2.05, 4.69) is 29.4 Å². The second-order valence-corrected chi connectivity index (χ2v) is 8.25. The fraction of sp³-hybridized carbons (Fsp3) is 0.882. The summed E-state index contributed by atoms with van der Waals surface area (Å²) in [4.78, 5) is 0. The van der Waals surface area contributed by atoms with Crippen LogP contribution in [0.3, 0.4) is 0 Å². The summed E-state index contributed by atoms with van der Waals surface area (Å²) in [5, 5.41) is 12.1. The molecule has 1 N–H and O–H groups in total. The standard InChI is InChI=1S/C17H27N3O/c1-4-13(18-3)14-19-20-15(21-14)17-8-11-5-12(9-17)7-16(2,6-11)10-17/h11-13,18H,4-10H2,1-3H3. The lowest BCUT2D eigenvalue weighted by Gasteiger charge is -2.60. The van der Waals surface area contributed by atoms with Crippen LogP contribution >= 0.6 is 0 Å². The number of rotatable bonds is 4. The average molecular weight is 289 g/mol. The van der Waals surface area contributed by atoms with Crippen LogP contribution in [-0.2, 0) is 5.41 Å². The van der Waals surface area contributed by atoms with E-state index in [1.165, 1.54) is 38.5 Å². The Kier molecular flexibility index (Phi) is 2.97. The van der Waals surface area contributed by atoms with Gasteiger partial charge in [-0.25, -0.2) is 0 Å². The van der Waals surface area contributed by atoms with Crippen molar-refractivity contribution in [3.8, 4) is 0 Å². The summed E-state index contributed by atoms with van der Waals surface area (Å²) < 4.78 is 6.17. The van der Waals surface area contributed by atoms with Crippen molar-refractivity contribution in [3.05, 3.63) is 11.8 Å². The first-order valence-electron chi connectivity index (χ1n) is 8.57. The van der Waals surface area contributed by atoms with E-state index < -0.39 is 0 Å². The third kappa shape index (κ3) is 2.06. The van der Waals surface area contributed by atoms with E-state index in [9.17, 15) is 0 Å². The smallest absolute Gasteiger partial charge is 0.233 e. The van der Waals surface area contributed by atoms with E-state index in [1.807, 2.05) is 7.05 Å². The summed E-state index contributed by atoms with van der Waals surface area (Å²) in [6, 6.07) is 0.191. The molecular formula is C17H27N3O. The summed E-state index contributed by atoms with van der Waals surface area (Å²) in [7, 11) is 1.96. The molecule has 4 aliphatic rings. The molecule has 3 atom stereocenters. The summed E-state index contributed by atoms with van der Waals surface area (Å²) in [5.41, 5.74) is 0.710. The van der Waals surface area contributed by atoms with Gasteiger partial charge in [-0.3, -0.25) is 0 Å². The van der Waals surface area contributed by atoms with Crippen LogP contribution in [0.4, 0.5) is 0 Å². The number of hydrogen-bond acceptors (Lipinski definition) is 4. The Labute approximate surface area is 127 Å². The van der Waals surface area contributed by atoms with Crippen LogP contribution < -0.4 is 5.32 Å². The summed E-state index contributed by atoms with van der Waals surface area (Å²) >= 11 is 0. The molecule has 4 heteroatoms. The normalized spacial score (nSPS) is 42.4. The van der Waals surface area contributed by atoms with Gasteiger partial charge in [-0.1, -0.05) is 13.8 Å². The maximum absolute atomic E-state index is 6.17. The monoisotopic (exact) mass is 289 g/mol. The van der Waals surface area contributed by atoms with Crippen molar-refractivity contribution in [2.75, 3.05) is 7.05 Å². The van der Waals surface area contributed by atoms with Crippen molar-refractivity contribution < 1.29 is 4.42 Å². The zero-order valence-electron chi connectivity index (χ0n) is 13.5. The van der Waals surface area contributed by atoms with Crippen LogP contribution in [0.2, 0.25) is 0 Å². The zero-order chi connectivity index (χ0) is 14.7. The molecule has 21 heavy (non-hydrogen) atoms. The Bertz CT molecular complexity index is 520. The molecule has 116 valence electrons. The first kappa shape index (κ1) is 13.7. The quantitative estimate of drug-likeness (QED) is 0.920. The molecule has 1 heterocycles. The molecule has 4 aliphatic carbocycles. The van der Waals surface area contributed by atoms with Gasteiger partial charge < -0.3 is 9.73 Å². The summed E-state index contributed by atoms with van der Waals surface area (Å²) in [6.45, 7) is 4.63. The molecule has 4 bridgehead atoms. The van der Waals surface area contributed by atoms with Crippen molar-refractivity contribution in [3.63, 3.8) is 0 Å². The maximum Gasteiger partial charge on any atom is 0.233 e. The van der Waals surface area contributed by atoms with Gasteiger partial charge >= 0.3 is 0 Å². The van der Waals surface area contributed by atoms with Gasteiger partial charge in [0.15, 0.2) is 0 Å². The van der Waals surface area contributed by atoms with Crippen LogP contribution in [0.5, 0.6) is 0 Å². The fourth-order valence-electron chi connectivity index (χ4n) is 6.06. The van der Waals surface area contributed by atoms with E-state index in [1.54, 1.807) is 0 Å². The molecule has 0 amide bonds. The third-order valence-electron chi connectivity index (χ3n) is 6.30. The Morgan fingerprint density at radius 2 is 1.95 bits per heavy atom. The second-order valence-electron chi connectivity index (χ2n) is 8.25. The minimum absolute atomic E-state index is 0.191. The minimum Gasteiger partial charge on any atom is -0.423 e. The SMILES string of the molecule is CCC(NC)c1nnc(C23CC4CC(CC(C)(C4)C2)C3)o1. The summed E-state index contributed by atoms with van der Waals surface area (Å²) in [5.74, 6) is 3.48. The maximum atomic E-state index is 6.17. The van der Waals surface area contributed by atoms with E-state index in [-0.39, 0.29) is 11.5 Å². The van der Waals surface area contributed by atoms with Gasteiger partial charge in [-0.2, -0.15) is 0 Å². The van der Waals surface area contributed by atoms with Gasteiger partial charge in [-0.05, 0) is 69.2 Å². The lowest BCUT2D eigenvalue weighted by Crippen LogP contribution is -2.53. The molecule has 4 nitrogen and oxygen atoms in total. The Morgan fingerprint density at radius 3 is 2.52 bits per heavy atom. The van der Waals surface area contributed by atoms with Crippen LogP contribution in [0.15, 0.2) is 4.42 Å². The third-order valence-corrected chi connectivity index (χ3v) is 6.30. The predicted molar refractivity (Wildman–Crippen MR) is 80.9 cm³/mol. The van der Waals surface area contributed by atoms with E-state index in [0.29, 0.717) is 5.41 Å². The highest BCUT2D eigenvalue weighted by molar-refractivity contribution is 5.17. The number of nitrogens with zero attached hydrogens (tertiary/aromatic N) is 2. The van der Waals surface area contributed by atoms with Gasteiger partial charge in [-0.15, -0.1) is 10.2 Å². The van der Waals surface area contributed by atoms with Crippen LogP contribution in [0, 0.1) is 17.3 Å². The van der Waals surface area contributed by atoms with Crippen molar-refractivity contribution in [2.24, 2.45) is 17.3 Å². The fourth-order valence-corrected chi connectivity index (χ4v) is 6.06. The molecular weight excluding hydrogens is 262 g/mol. The molecule has 0 aromatic carbocycles. The largest absolute Gasteiger partial charge is 0.423 e. The highest BCUT2D eigenvalue weighted by Gasteiger charge is 2.58. The van der Waals surface area contributed by atoms with Gasteiger partial charge in [0.25, 0.3) is 0 Å². The number of aromatic nitrogens is 2. The molecule has 0 saturated heterocycles. The van der Waals surface area contributed by atoms with Gasteiger partial charge in [0, 0.05) is 5.41 Å². The molecule has 4 fully saturated rings. The van der Waals surface area contributed by atoms with Crippen molar-refractivity contribution in [1.82, 2.24) is 15.5 Å². The van der Waals surface area contributed by atoms with Crippen molar-refractivity contribution in [2.45, 2.75) is 70.3 Å². The Balaban J connectivity index is 1.67. The van der Waals surface area contributed by atoms with Gasteiger partial charge in [0.05, 0.1) is 6.04 Å². The number of nitrogens with one attached hydrogen (secondary N) is 1. The van der Waals surface area contributed by atoms with Crippen LogP contribution in [0.25, 0.3) is 0 Å². The lowest BCUT2D eigenvalue weighted by molar-refractivity contribution is -0.0713. The molecule has 1 aromatic heterocycles. The minimum atomic E-state index is 0.191. The topological polar surface area (TPSA) is 51.0 Å². The molecule has 4 saturated carbocycles. The highest BCUT2D eigenvalue weighted by atomic mass is 16.4. The summed E-state index contributed by atoms with van der Waals surface area (Å²) in [6.07, 6.45) is 9.06. The molecule has 1 aromatic rings. The van der Waals surface area contributed by atoms with E-state index in [4.69, 9.17) is 4.42 Å². The first-order chi connectivity index (χ1) is 10.1. The van der Waals surface area contributed by atoms with Crippen LogP contribution in [0.1, 0.15) is 76.6 Å². The molecule has 0 radical (unpaired) electrons. The Morgan fingerprint density at radius 1 is 1.24 bits per heavy atom. The van der Waals surface area contributed by atoms with E-state index >= 15 is 0 Å². The van der Waals surface area contributed by atoms with Crippen LogP contribution in [-0.4, -0.2) is 17.2 Å². The van der Waals surface area contributed by atoms with Crippen molar-refractivity contribution in [1.29, 1.82) is 0 Å². The van der Waals surface area contributed by atoms with Gasteiger partial charge in [0.2, 0.25) is 11.8 Å². The average Bonchev–Trinajstić information content (AvgIpc) is 2.87. The predicted octanol–water partition coefficient (Wildman–Crippen LogP) is 3.60. The highest BCUT2D eigenvalue weighted by Crippen LogP contribution is 2.65. The zero-order valence-corrected chi connectivity index (χ0v) is 13.5. The second kappa shape index (κ2) is 4.55. The Hall–Kier alpha value is -0.900. The number of hydrogen-bond donors (Lipinski definition) is 1. The molecule has 0 spiro atoms. The molecule has 0 aliphatic heterocycles. The molecule has 3 unspecified atom stereocenters. The lowest BCUT2D eigenvalue weighted by atomic mass is 9.44. The van der Waals surface area contributed by atoms with Crippen molar-refractivity contribution >= 4 is 0 Å². The van der Waals surface area contributed by atoms with Gasteiger partial charge in [0.1, 0.15) is 0 Å². The van der Waals surface area contributed by atoms with E-state index in [0.717, 1.165) is 30.0 Å².